The predicted molar refractivity (Wildman–Crippen MR) is 98.4 cm³/mol. The first-order valence-corrected chi connectivity index (χ1v) is 8.66. The van der Waals surface area contributed by atoms with Crippen molar-refractivity contribution in [1.29, 1.82) is 0 Å². The van der Waals surface area contributed by atoms with Gasteiger partial charge in [-0.3, -0.25) is 14.6 Å². The molecule has 3 rings (SSSR count). The van der Waals surface area contributed by atoms with Gasteiger partial charge in [-0.2, -0.15) is 0 Å². The molecule has 158 valence electrons. The van der Waals surface area contributed by atoms with Crippen molar-refractivity contribution in [2.24, 2.45) is 5.73 Å². The van der Waals surface area contributed by atoms with Crippen LogP contribution in [0.1, 0.15) is 29.8 Å². The number of carbonyl (C=O) groups is 3. The highest BCUT2D eigenvalue weighted by Crippen LogP contribution is 2.36. The normalized spacial score (nSPS) is 16.2. The van der Waals surface area contributed by atoms with Crippen LogP contribution >= 0.6 is 0 Å². The van der Waals surface area contributed by atoms with Gasteiger partial charge in [0.05, 0.1) is 11.3 Å². The number of halogens is 3. The molecule has 30 heavy (non-hydrogen) atoms. The Labute approximate surface area is 169 Å². The molecule has 0 aliphatic carbocycles. The maximum atomic E-state index is 13.0. The minimum absolute atomic E-state index is 0.0985. The van der Waals surface area contributed by atoms with Crippen molar-refractivity contribution in [3.63, 3.8) is 0 Å². The monoisotopic (exact) mass is 422 g/mol. The second kappa shape index (κ2) is 7.32. The maximum absolute atomic E-state index is 13.0. The van der Waals surface area contributed by atoms with Crippen molar-refractivity contribution < 1.29 is 32.3 Å². The van der Waals surface area contributed by atoms with Crippen LogP contribution in [0.5, 0.6) is 5.75 Å². The fourth-order valence-electron chi connectivity index (χ4n) is 3.06. The first-order valence-electron chi connectivity index (χ1n) is 8.66. The van der Waals surface area contributed by atoms with Crippen LogP contribution in [0.2, 0.25) is 0 Å². The average molecular weight is 422 g/mol. The number of hydrogen-bond acceptors (Lipinski definition) is 5. The number of aromatic nitrogens is 1. The van der Waals surface area contributed by atoms with Crippen LogP contribution in [0.3, 0.4) is 0 Å². The van der Waals surface area contributed by atoms with Crippen LogP contribution in [0.25, 0.3) is 0 Å². The number of imide groups is 1. The number of hydrogen-bond donors (Lipinski definition) is 1. The zero-order chi connectivity index (χ0) is 22.3. The summed E-state index contributed by atoms with van der Waals surface area (Å²) in [4.78, 5) is 43.6. The quantitative estimate of drug-likeness (QED) is 0.746. The first-order chi connectivity index (χ1) is 13.9. The van der Waals surface area contributed by atoms with Crippen LogP contribution in [0.4, 0.5) is 23.7 Å². The number of nitrogens with zero attached hydrogens (tertiary/aromatic N) is 3. The van der Waals surface area contributed by atoms with E-state index < -0.39 is 41.1 Å². The minimum atomic E-state index is -5.05. The van der Waals surface area contributed by atoms with E-state index in [2.05, 4.69) is 9.72 Å². The summed E-state index contributed by atoms with van der Waals surface area (Å²) in [5.41, 5.74) is 3.94. The molecule has 0 saturated carbocycles. The van der Waals surface area contributed by atoms with Gasteiger partial charge in [0.2, 0.25) is 0 Å². The number of nitrogens with two attached hydrogens (primary N) is 1. The number of primary amides is 1. The van der Waals surface area contributed by atoms with E-state index in [1.54, 1.807) is 38.4 Å². The summed E-state index contributed by atoms with van der Waals surface area (Å²) in [5, 5.41) is 0. The number of rotatable bonds is 5. The summed E-state index contributed by atoms with van der Waals surface area (Å²) >= 11 is 0. The van der Waals surface area contributed by atoms with Crippen LogP contribution in [-0.4, -0.2) is 39.6 Å². The zero-order valence-electron chi connectivity index (χ0n) is 15.9. The van der Waals surface area contributed by atoms with Gasteiger partial charge in [0.25, 0.3) is 11.8 Å². The van der Waals surface area contributed by atoms with Gasteiger partial charge in [-0.15, -0.1) is 13.2 Å². The van der Waals surface area contributed by atoms with E-state index in [9.17, 15) is 27.6 Å². The minimum Gasteiger partial charge on any atom is -0.405 e. The highest BCUT2D eigenvalue weighted by atomic mass is 19.4. The number of ether oxygens (including phenoxy) is 1. The standard InChI is InChI=1S/C19H17F3N4O4/c1-18(2)16(28)26(17(29)25(18)10-11-5-7-24-8-6-11)12-3-4-14(30-19(20,21)22)13(9-12)15(23)27/h3-9H,10H2,1-2H3,(H2,23,27). The Morgan fingerprint density at radius 3 is 2.37 bits per heavy atom. The van der Waals surface area contributed by atoms with Gasteiger partial charge in [0.15, 0.2) is 0 Å². The molecule has 0 atom stereocenters. The lowest BCUT2D eigenvalue weighted by Gasteiger charge is -2.27. The second-order valence-corrected chi connectivity index (χ2v) is 7.02. The van der Waals surface area contributed by atoms with Gasteiger partial charge in [-0.25, -0.2) is 9.69 Å². The Bertz CT molecular complexity index is 1010. The predicted octanol–water partition coefficient (Wildman–Crippen LogP) is 2.83. The van der Waals surface area contributed by atoms with Gasteiger partial charge >= 0.3 is 12.4 Å². The maximum Gasteiger partial charge on any atom is 0.573 e. The van der Waals surface area contributed by atoms with Gasteiger partial charge in [0, 0.05) is 18.9 Å². The van der Waals surface area contributed by atoms with E-state index in [4.69, 9.17) is 5.73 Å². The average Bonchev–Trinajstić information content (AvgIpc) is 2.81. The summed E-state index contributed by atoms with van der Waals surface area (Å²) in [5.74, 6) is -2.64. The molecular weight excluding hydrogens is 405 g/mol. The molecule has 2 N–H and O–H groups in total. The van der Waals surface area contributed by atoms with E-state index in [0.717, 1.165) is 28.7 Å². The molecular formula is C19H17F3N4O4. The van der Waals surface area contributed by atoms with Crippen molar-refractivity contribution in [2.75, 3.05) is 4.90 Å². The Kier molecular flexibility index (Phi) is 5.15. The number of urea groups is 1. The Morgan fingerprint density at radius 1 is 1.17 bits per heavy atom. The number of benzene rings is 1. The summed E-state index contributed by atoms with van der Waals surface area (Å²) < 4.78 is 41.5. The smallest absolute Gasteiger partial charge is 0.405 e. The fourth-order valence-corrected chi connectivity index (χ4v) is 3.06. The molecule has 4 amide bonds. The third kappa shape index (κ3) is 3.91. The molecule has 0 bridgehead atoms. The van der Waals surface area contributed by atoms with Crippen LogP contribution < -0.4 is 15.4 Å². The molecule has 8 nitrogen and oxygen atoms in total. The molecule has 1 saturated heterocycles. The molecule has 1 aromatic carbocycles. The topological polar surface area (TPSA) is 106 Å². The molecule has 0 unspecified atom stereocenters. The van der Waals surface area contributed by atoms with Crippen LogP contribution in [-0.2, 0) is 11.3 Å². The number of alkyl halides is 3. The van der Waals surface area contributed by atoms with Crippen molar-refractivity contribution in [3.8, 4) is 5.75 Å². The largest absolute Gasteiger partial charge is 0.573 e. The van der Waals surface area contributed by atoms with E-state index in [1.165, 1.54) is 4.90 Å². The van der Waals surface area contributed by atoms with Crippen LogP contribution in [0.15, 0.2) is 42.7 Å². The van der Waals surface area contributed by atoms with Crippen molar-refractivity contribution in [1.82, 2.24) is 9.88 Å². The molecule has 2 aromatic rings. The van der Waals surface area contributed by atoms with Gasteiger partial charge in [0.1, 0.15) is 11.3 Å². The van der Waals surface area contributed by atoms with Gasteiger partial charge < -0.3 is 15.4 Å². The Hall–Kier alpha value is -3.63. The molecule has 1 aromatic heterocycles. The first kappa shape index (κ1) is 21.1. The molecule has 2 heterocycles. The fraction of sp³-hybridized carbons (Fsp3) is 0.263. The van der Waals surface area contributed by atoms with E-state index in [1.807, 2.05) is 0 Å². The van der Waals surface area contributed by atoms with Crippen molar-refractivity contribution >= 4 is 23.5 Å². The Morgan fingerprint density at radius 2 is 1.80 bits per heavy atom. The number of pyridine rings is 1. The highest BCUT2D eigenvalue weighted by Gasteiger charge is 2.52. The van der Waals surface area contributed by atoms with E-state index >= 15 is 0 Å². The lowest BCUT2D eigenvalue weighted by molar-refractivity contribution is -0.274. The third-order valence-corrected chi connectivity index (χ3v) is 4.63. The summed E-state index contributed by atoms with van der Waals surface area (Å²) in [7, 11) is 0. The van der Waals surface area contributed by atoms with Gasteiger partial charge in [-0.05, 0) is 49.7 Å². The molecule has 11 heteroatoms. The number of amides is 4. The third-order valence-electron chi connectivity index (χ3n) is 4.63. The number of anilines is 1. The summed E-state index contributed by atoms with van der Waals surface area (Å²) in [6.07, 6.45) is -1.96. The van der Waals surface area contributed by atoms with Crippen molar-refractivity contribution in [3.05, 3.63) is 53.9 Å². The molecule has 0 spiro atoms. The Balaban J connectivity index is 1.99. The van der Waals surface area contributed by atoms with Gasteiger partial charge in [-0.1, -0.05) is 0 Å². The second-order valence-electron chi connectivity index (χ2n) is 7.02. The summed E-state index contributed by atoms with van der Waals surface area (Å²) in [6, 6.07) is 5.51. The molecule has 0 radical (unpaired) electrons. The van der Waals surface area contributed by atoms with E-state index in [0.29, 0.717) is 0 Å². The highest BCUT2D eigenvalue weighted by molar-refractivity contribution is 6.23. The zero-order valence-corrected chi connectivity index (χ0v) is 15.9. The van der Waals surface area contributed by atoms with Crippen molar-refractivity contribution in [2.45, 2.75) is 32.3 Å². The summed E-state index contributed by atoms with van der Waals surface area (Å²) in [6.45, 7) is 3.20. The lowest BCUT2D eigenvalue weighted by Crippen LogP contribution is -2.43. The SMILES string of the molecule is CC1(C)C(=O)N(c2ccc(OC(F)(F)F)c(C(N)=O)c2)C(=O)N1Cc1ccncc1. The molecule has 1 aliphatic rings. The van der Waals surface area contributed by atoms with Crippen LogP contribution in [0, 0.1) is 0 Å². The lowest BCUT2D eigenvalue weighted by atomic mass is 10.0. The number of carbonyl (C=O) groups excluding carboxylic acids is 3. The molecule has 1 aliphatic heterocycles. The van der Waals surface area contributed by atoms with E-state index in [-0.39, 0.29) is 12.2 Å². The molecule has 1 fully saturated rings.